The molecule has 0 spiro atoms. The number of aliphatic hydroxyl groups is 1. The van der Waals surface area contributed by atoms with E-state index >= 15 is 0 Å². The number of likely N-dealkylation sites (N-methyl/N-ethyl adjacent to an activating group) is 1. The maximum Gasteiger partial charge on any atom is 0.409 e. The van der Waals surface area contributed by atoms with Gasteiger partial charge >= 0.3 is 12.1 Å². The number of esters is 1. The molecular formula is C52H71ClN6O13S2. The topological polar surface area (TPSA) is 244 Å². The Kier molecular flexibility index (Phi) is 21.3. The van der Waals surface area contributed by atoms with Gasteiger partial charge in [-0.2, -0.15) is 24.4 Å². The third-order valence-electron chi connectivity index (χ3n) is 13.6. The van der Waals surface area contributed by atoms with Crippen molar-refractivity contribution in [1.82, 2.24) is 20.9 Å². The first kappa shape index (κ1) is 59.6. The van der Waals surface area contributed by atoms with Crippen LogP contribution in [0.2, 0.25) is 5.02 Å². The molecule has 0 aliphatic carbocycles. The van der Waals surface area contributed by atoms with Gasteiger partial charge in [0.15, 0.2) is 5.72 Å². The molecule has 5 rings (SSSR count). The predicted octanol–water partition coefficient (Wildman–Crippen LogP) is 5.50. The molecule has 10 atom stereocenters. The number of anilines is 2. The number of halogens is 1. The van der Waals surface area contributed by atoms with Gasteiger partial charge in [-0.1, -0.05) is 54.5 Å². The van der Waals surface area contributed by atoms with Crippen LogP contribution in [-0.2, 0) is 59.9 Å². The molecule has 74 heavy (non-hydrogen) atoms. The van der Waals surface area contributed by atoms with Crippen LogP contribution in [0.25, 0.3) is 0 Å². The van der Waals surface area contributed by atoms with Gasteiger partial charge in [0.05, 0.1) is 25.3 Å². The average Bonchev–Trinajstić information content (AvgIpc) is 4.06. The first-order valence-electron chi connectivity index (χ1n) is 24.5. The summed E-state index contributed by atoms with van der Waals surface area (Å²) in [5.74, 6) is -1.47. The summed E-state index contributed by atoms with van der Waals surface area (Å²) >= 11 is 12.4. The number of ether oxygens (including phenoxy) is 5. The number of hydrogen-bond acceptors (Lipinski definition) is 15. The number of epoxide rings is 1. The van der Waals surface area contributed by atoms with Crippen molar-refractivity contribution in [2.45, 2.75) is 140 Å². The van der Waals surface area contributed by atoms with E-state index in [1.165, 1.54) is 49.8 Å². The van der Waals surface area contributed by atoms with Crippen LogP contribution in [-0.4, -0.2) is 145 Å². The smallest absolute Gasteiger partial charge is 0.409 e. The largest absolute Gasteiger partial charge is 0.495 e. The maximum absolute atomic E-state index is 14.3. The lowest BCUT2D eigenvalue weighted by molar-refractivity contribution is -0.162. The van der Waals surface area contributed by atoms with E-state index in [-0.39, 0.29) is 42.5 Å². The summed E-state index contributed by atoms with van der Waals surface area (Å²) in [6.07, 6.45) is 1.49. The lowest BCUT2D eigenvalue weighted by Crippen LogP contribution is -2.63. The second-order valence-electron chi connectivity index (χ2n) is 19.2. The van der Waals surface area contributed by atoms with Crippen molar-refractivity contribution in [3.63, 3.8) is 0 Å². The molecule has 6 amide bonds. The van der Waals surface area contributed by atoms with E-state index < -0.39 is 89.6 Å². The second kappa shape index (κ2) is 26.4. The van der Waals surface area contributed by atoms with Crippen molar-refractivity contribution in [3.8, 4) is 5.75 Å². The molecule has 22 heteroatoms. The maximum atomic E-state index is 14.3. The molecule has 3 aliphatic heterocycles. The number of nitrogens with one attached hydrogen (secondary N) is 4. The van der Waals surface area contributed by atoms with Gasteiger partial charge in [0.1, 0.15) is 52.8 Å². The lowest BCUT2D eigenvalue weighted by atomic mass is 9.83. The minimum atomic E-state index is -1.87. The number of carbonyl (C=O) groups is 7. The molecule has 2 aromatic rings. The Labute approximate surface area is 447 Å². The van der Waals surface area contributed by atoms with E-state index in [2.05, 4.69) is 33.9 Å². The molecule has 5 N–H and O–H groups in total. The van der Waals surface area contributed by atoms with Crippen LogP contribution in [0.4, 0.5) is 16.2 Å². The molecule has 10 unspecified atom stereocenters. The van der Waals surface area contributed by atoms with E-state index in [4.69, 9.17) is 35.3 Å². The molecule has 4 bridgehead atoms. The second-order valence-corrected chi connectivity index (χ2v) is 21.2. The normalized spacial score (nSPS) is 25.1. The van der Waals surface area contributed by atoms with Gasteiger partial charge in [-0.3, -0.25) is 29.3 Å². The van der Waals surface area contributed by atoms with Gasteiger partial charge in [-0.25, -0.2) is 9.59 Å². The average molecular weight is 1090 g/mol. The summed E-state index contributed by atoms with van der Waals surface area (Å²) in [5, 5.41) is 22.6. The quantitative estimate of drug-likeness (QED) is 0.0468. The number of thioether (sulfide) groups is 1. The summed E-state index contributed by atoms with van der Waals surface area (Å²) in [4.78, 5) is 95.0. The Morgan fingerprint density at radius 3 is 2.41 bits per heavy atom. The molecule has 3 heterocycles. The van der Waals surface area contributed by atoms with Gasteiger partial charge in [0, 0.05) is 63.6 Å². The summed E-state index contributed by atoms with van der Waals surface area (Å²) in [7, 11) is 5.96. The van der Waals surface area contributed by atoms with Crippen LogP contribution >= 0.6 is 36.0 Å². The minimum absolute atomic E-state index is 0.0863. The number of nitrogens with zero attached hydrogens (tertiary/aromatic N) is 2. The highest BCUT2D eigenvalue weighted by Crippen LogP contribution is 2.49. The number of allylic oxidation sites excluding steroid dienone is 3. The number of rotatable bonds is 18. The minimum Gasteiger partial charge on any atom is -0.495 e. The summed E-state index contributed by atoms with van der Waals surface area (Å²) in [5.41, 5.74) is 0.346. The Morgan fingerprint density at radius 1 is 1.05 bits per heavy atom. The Hall–Kier alpha value is -5.32. The number of thiol groups is 1. The number of alkyl carbamates (subject to hydrolysis) is 1. The third-order valence-corrected chi connectivity index (χ3v) is 15.3. The first-order chi connectivity index (χ1) is 34.9. The van der Waals surface area contributed by atoms with Crippen LogP contribution in [0.5, 0.6) is 5.75 Å². The fraction of sp³-hybridized carbons (Fsp3) is 0.558. The van der Waals surface area contributed by atoms with Crippen molar-refractivity contribution in [2.24, 2.45) is 5.92 Å². The summed E-state index contributed by atoms with van der Waals surface area (Å²) < 4.78 is 29.5. The first-order valence-corrected chi connectivity index (χ1v) is 26.6. The van der Waals surface area contributed by atoms with Crippen molar-refractivity contribution in [1.29, 1.82) is 0 Å². The Morgan fingerprint density at radius 2 is 1.74 bits per heavy atom. The number of carbonyl (C=O) groups excluding carboxylic acids is 7. The molecule has 2 aromatic carbocycles. The molecule has 0 aromatic heterocycles. The molecule has 3 aliphatic rings. The monoisotopic (exact) mass is 1090 g/mol. The molecule has 2 saturated heterocycles. The van der Waals surface area contributed by atoms with Gasteiger partial charge in [0.25, 0.3) is 0 Å². The predicted molar refractivity (Wildman–Crippen MR) is 285 cm³/mol. The Balaban J connectivity index is 1.22. The van der Waals surface area contributed by atoms with Crippen molar-refractivity contribution in [3.05, 3.63) is 76.3 Å². The summed E-state index contributed by atoms with van der Waals surface area (Å²) in [6, 6.07) is 7.94. The number of fused-ring (bicyclic) bond motifs is 5. The highest BCUT2D eigenvalue weighted by molar-refractivity contribution is 7.98. The van der Waals surface area contributed by atoms with Gasteiger partial charge in [-0.05, 0) is 88.6 Å². The standard InChI is InChI=1S/C52H71ClN6O13S2/c1-29-13-11-14-40(69-10)52(67)27-39(70-50(66)57-52)30(2)46-51(6,72-46)41(26-44(62)59(8)37-24-35(23-29)25-38(68-9)45(37)53)71-49(65)33(5)58(7)43(61)20-22-74-28-34-16-18-36(19-17-34)56-48(64)32(4)55-47(63)31(3)54-42(60)15-12-21-73/h11,13-14,16-19,24-25,30-33,39-41,46,67,73H,12,15,20-23,26-28H2,1-10H3,(H,54,60)(H,55,63)(H,56,64)(H,57,66). The van der Waals surface area contributed by atoms with E-state index in [0.717, 1.165) is 16.7 Å². The van der Waals surface area contributed by atoms with Crippen LogP contribution in [0.15, 0.2) is 60.2 Å². The number of hydrogen-bond donors (Lipinski definition) is 6. The molecule has 2 fully saturated rings. The zero-order valence-electron chi connectivity index (χ0n) is 43.7. The fourth-order valence-electron chi connectivity index (χ4n) is 8.70. The van der Waals surface area contributed by atoms with Crippen molar-refractivity contribution in [2.75, 3.05) is 50.0 Å². The molecule has 0 saturated carbocycles. The molecule has 19 nitrogen and oxygen atoms in total. The van der Waals surface area contributed by atoms with Gasteiger partial charge in [0.2, 0.25) is 29.5 Å². The van der Waals surface area contributed by atoms with Crippen molar-refractivity contribution >= 4 is 89.0 Å². The van der Waals surface area contributed by atoms with E-state index in [9.17, 15) is 38.7 Å². The van der Waals surface area contributed by atoms with E-state index in [0.29, 0.717) is 47.2 Å². The number of benzene rings is 2. The zero-order valence-corrected chi connectivity index (χ0v) is 46.1. The zero-order chi connectivity index (χ0) is 54.7. The van der Waals surface area contributed by atoms with Crippen LogP contribution in [0.1, 0.15) is 84.8 Å². The van der Waals surface area contributed by atoms with Gasteiger partial charge < -0.3 is 54.5 Å². The molecule has 0 radical (unpaired) electrons. The highest BCUT2D eigenvalue weighted by Gasteiger charge is 2.64. The van der Waals surface area contributed by atoms with Gasteiger partial charge in [-0.15, -0.1) is 0 Å². The highest BCUT2D eigenvalue weighted by atomic mass is 35.5. The van der Waals surface area contributed by atoms with Crippen LogP contribution < -0.4 is 30.9 Å². The van der Waals surface area contributed by atoms with Crippen LogP contribution in [0.3, 0.4) is 0 Å². The number of methoxy groups -OCH3 is 2. The number of amides is 6. The SMILES string of the molecule is COc1cc2cc(c1Cl)N(C)C(=O)CC(OC(=O)C(C)N(C)C(=O)CCSCc1ccc(NC(=O)C(C)NC(=O)C(C)NC(=O)CCCS)cc1)C1(C)OC1C(C)C1CC(O)(NC(=O)O1)C(OC)C=CC=C(C)C2. The van der Waals surface area contributed by atoms with Crippen LogP contribution in [0, 0.1) is 5.92 Å². The fourth-order valence-corrected chi connectivity index (χ4v) is 10.1. The van der Waals surface area contributed by atoms with E-state index in [1.54, 1.807) is 71.2 Å². The molecule has 406 valence electrons. The van der Waals surface area contributed by atoms with E-state index in [1.807, 2.05) is 25.1 Å². The lowest BCUT2D eigenvalue weighted by Gasteiger charge is -2.42. The third kappa shape index (κ3) is 15.4. The Bertz CT molecular complexity index is 2450. The molecular weight excluding hydrogens is 1020 g/mol. The van der Waals surface area contributed by atoms with Crippen molar-refractivity contribution < 1.29 is 62.4 Å². The summed E-state index contributed by atoms with van der Waals surface area (Å²) in [6.45, 7) is 10.0.